The number of nitrogens with zero attached hydrogens (tertiary/aromatic N) is 4. The molecule has 0 radical (unpaired) electrons. The summed E-state index contributed by atoms with van der Waals surface area (Å²) in [4.78, 5) is 26.2. The highest BCUT2D eigenvalue weighted by molar-refractivity contribution is 6.07. The number of pyridine rings is 1. The monoisotopic (exact) mass is 379 g/mol. The molecule has 1 amide bonds. The quantitative estimate of drug-likeness (QED) is 0.501. The standard InChI is InChI=1S/C23H17N5O/c1-15-5-4-12-28-14-21(26-22(15)28)17-6-2-3-7-18(17)27-23(29)16-8-9-19-20(13-16)25-11-10-24-19/h2-14H,1H3,(H,27,29). The number of carbonyl (C=O) groups excluding carboxylic acids is 1. The number of anilines is 1. The summed E-state index contributed by atoms with van der Waals surface area (Å²) in [5.74, 6) is -0.204. The zero-order chi connectivity index (χ0) is 19.8. The number of fused-ring (bicyclic) bond motifs is 2. The lowest BCUT2D eigenvalue weighted by Crippen LogP contribution is -2.12. The number of amides is 1. The molecular formula is C23H17N5O. The normalized spacial score (nSPS) is 11.1. The van der Waals surface area contributed by atoms with Crippen molar-refractivity contribution >= 4 is 28.3 Å². The van der Waals surface area contributed by atoms with Gasteiger partial charge in [0.2, 0.25) is 0 Å². The number of benzene rings is 2. The lowest BCUT2D eigenvalue weighted by atomic mass is 10.1. The van der Waals surface area contributed by atoms with Gasteiger partial charge in [-0.15, -0.1) is 0 Å². The van der Waals surface area contributed by atoms with Crippen LogP contribution in [0.2, 0.25) is 0 Å². The summed E-state index contributed by atoms with van der Waals surface area (Å²) in [7, 11) is 0. The van der Waals surface area contributed by atoms with Crippen molar-refractivity contribution in [3.63, 3.8) is 0 Å². The van der Waals surface area contributed by atoms with Crippen molar-refractivity contribution in [3.05, 3.63) is 90.5 Å². The Bertz CT molecular complexity index is 1370. The molecule has 0 saturated heterocycles. The molecule has 0 fully saturated rings. The molecule has 140 valence electrons. The molecule has 1 N–H and O–H groups in total. The summed E-state index contributed by atoms with van der Waals surface area (Å²) < 4.78 is 1.99. The fraction of sp³-hybridized carbons (Fsp3) is 0.0435. The maximum atomic E-state index is 12.9. The Labute approximate surface area is 166 Å². The van der Waals surface area contributed by atoms with E-state index >= 15 is 0 Å². The van der Waals surface area contributed by atoms with Crippen LogP contribution in [0.5, 0.6) is 0 Å². The molecule has 0 bridgehead atoms. The number of para-hydroxylation sites is 1. The largest absolute Gasteiger partial charge is 0.321 e. The second-order valence-electron chi connectivity index (χ2n) is 6.81. The molecule has 29 heavy (non-hydrogen) atoms. The highest BCUT2D eigenvalue weighted by Crippen LogP contribution is 2.28. The van der Waals surface area contributed by atoms with E-state index in [-0.39, 0.29) is 5.91 Å². The third-order valence-electron chi connectivity index (χ3n) is 4.86. The molecule has 3 aromatic heterocycles. The average Bonchev–Trinajstić information content (AvgIpc) is 3.19. The number of aromatic nitrogens is 4. The van der Waals surface area contributed by atoms with E-state index in [0.717, 1.165) is 28.0 Å². The average molecular weight is 379 g/mol. The fourth-order valence-corrected chi connectivity index (χ4v) is 3.40. The minimum atomic E-state index is -0.204. The van der Waals surface area contributed by atoms with Crippen LogP contribution in [0.15, 0.2) is 79.4 Å². The third kappa shape index (κ3) is 3.10. The van der Waals surface area contributed by atoms with Gasteiger partial charge in [-0.05, 0) is 42.8 Å². The summed E-state index contributed by atoms with van der Waals surface area (Å²) in [6.45, 7) is 2.03. The van der Waals surface area contributed by atoms with Crippen molar-refractivity contribution in [1.82, 2.24) is 19.4 Å². The number of nitrogens with one attached hydrogen (secondary N) is 1. The van der Waals surface area contributed by atoms with E-state index in [4.69, 9.17) is 4.98 Å². The molecule has 5 rings (SSSR count). The molecule has 0 aliphatic heterocycles. The van der Waals surface area contributed by atoms with Gasteiger partial charge in [-0.2, -0.15) is 0 Å². The first-order valence-corrected chi connectivity index (χ1v) is 9.25. The lowest BCUT2D eigenvalue weighted by molar-refractivity contribution is 0.102. The van der Waals surface area contributed by atoms with Gasteiger partial charge in [0.1, 0.15) is 5.65 Å². The topological polar surface area (TPSA) is 72.2 Å². The molecular weight excluding hydrogens is 362 g/mol. The molecule has 3 heterocycles. The van der Waals surface area contributed by atoms with E-state index in [9.17, 15) is 4.79 Å². The van der Waals surface area contributed by atoms with Crippen LogP contribution >= 0.6 is 0 Å². The number of rotatable bonds is 3. The predicted molar refractivity (Wildman–Crippen MR) is 113 cm³/mol. The van der Waals surface area contributed by atoms with E-state index in [1.54, 1.807) is 30.6 Å². The molecule has 0 saturated carbocycles. The molecule has 0 unspecified atom stereocenters. The van der Waals surface area contributed by atoms with E-state index in [2.05, 4.69) is 15.3 Å². The smallest absolute Gasteiger partial charge is 0.255 e. The first kappa shape index (κ1) is 17.1. The highest BCUT2D eigenvalue weighted by atomic mass is 16.1. The van der Waals surface area contributed by atoms with E-state index in [1.807, 2.05) is 60.1 Å². The molecule has 0 aliphatic carbocycles. The zero-order valence-corrected chi connectivity index (χ0v) is 15.7. The van der Waals surface area contributed by atoms with Gasteiger partial charge in [0.25, 0.3) is 5.91 Å². The van der Waals surface area contributed by atoms with Gasteiger partial charge in [-0.3, -0.25) is 14.8 Å². The number of carbonyl (C=O) groups is 1. The van der Waals surface area contributed by atoms with Crippen molar-refractivity contribution in [2.24, 2.45) is 0 Å². The maximum Gasteiger partial charge on any atom is 0.255 e. The van der Waals surface area contributed by atoms with Gasteiger partial charge in [0, 0.05) is 35.9 Å². The first-order chi connectivity index (χ1) is 14.2. The Hall–Kier alpha value is -4.06. The van der Waals surface area contributed by atoms with Gasteiger partial charge in [0.05, 0.1) is 22.4 Å². The van der Waals surface area contributed by atoms with Crippen LogP contribution < -0.4 is 5.32 Å². The SMILES string of the molecule is Cc1cccn2cc(-c3ccccc3NC(=O)c3ccc4nccnc4c3)nc12. The molecule has 6 heteroatoms. The molecule has 5 aromatic rings. The second-order valence-corrected chi connectivity index (χ2v) is 6.81. The van der Waals surface area contributed by atoms with Crippen molar-refractivity contribution in [1.29, 1.82) is 0 Å². The summed E-state index contributed by atoms with van der Waals surface area (Å²) in [5.41, 5.74) is 6.34. The zero-order valence-electron chi connectivity index (χ0n) is 15.7. The third-order valence-corrected chi connectivity index (χ3v) is 4.86. The minimum absolute atomic E-state index is 0.204. The van der Waals surface area contributed by atoms with Gasteiger partial charge in [0.15, 0.2) is 0 Å². The Morgan fingerprint density at radius 2 is 1.79 bits per heavy atom. The van der Waals surface area contributed by atoms with Crippen LogP contribution in [-0.4, -0.2) is 25.3 Å². The van der Waals surface area contributed by atoms with Crippen molar-refractivity contribution < 1.29 is 4.79 Å². The number of aryl methyl sites for hydroxylation is 1. The molecule has 0 aliphatic rings. The number of hydrogen-bond acceptors (Lipinski definition) is 4. The summed E-state index contributed by atoms with van der Waals surface area (Å²) in [5, 5.41) is 3.01. The first-order valence-electron chi connectivity index (χ1n) is 9.25. The van der Waals surface area contributed by atoms with Crippen molar-refractivity contribution in [2.45, 2.75) is 6.92 Å². The van der Waals surface area contributed by atoms with Crippen LogP contribution in [0.1, 0.15) is 15.9 Å². The van der Waals surface area contributed by atoms with Gasteiger partial charge < -0.3 is 9.72 Å². The Kier molecular flexibility index (Phi) is 4.02. The second kappa shape index (κ2) is 6.83. The predicted octanol–water partition coefficient (Wildman–Crippen LogP) is 4.51. The van der Waals surface area contributed by atoms with Crippen LogP contribution in [0.3, 0.4) is 0 Å². The van der Waals surface area contributed by atoms with E-state index in [1.165, 1.54) is 0 Å². The molecule has 2 aromatic carbocycles. The van der Waals surface area contributed by atoms with Crippen LogP contribution in [0, 0.1) is 6.92 Å². The van der Waals surface area contributed by atoms with Crippen LogP contribution in [-0.2, 0) is 0 Å². The van der Waals surface area contributed by atoms with Crippen LogP contribution in [0.25, 0.3) is 27.9 Å². The fourth-order valence-electron chi connectivity index (χ4n) is 3.40. The van der Waals surface area contributed by atoms with Crippen LogP contribution in [0.4, 0.5) is 5.69 Å². The number of hydrogen-bond donors (Lipinski definition) is 1. The Morgan fingerprint density at radius 3 is 2.66 bits per heavy atom. The van der Waals surface area contributed by atoms with Gasteiger partial charge in [-0.1, -0.05) is 24.3 Å². The summed E-state index contributed by atoms with van der Waals surface area (Å²) >= 11 is 0. The Morgan fingerprint density at radius 1 is 0.966 bits per heavy atom. The highest BCUT2D eigenvalue weighted by Gasteiger charge is 2.14. The molecule has 6 nitrogen and oxygen atoms in total. The molecule has 0 atom stereocenters. The number of imidazole rings is 1. The van der Waals surface area contributed by atoms with E-state index < -0.39 is 0 Å². The Balaban J connectivity index is 1.51. The minimum Gasteiger partial charge on any atom is -0.321 e. The van der Waals surface area contributed by atoms with E-state index in [0.29, 0.717) is 16.8 Å². The summed E-state index contributed by atoms with van der Waals surface area (Å²) in [6, 6.07) is 17.0. The lowest BCUT2D eigenvalue weighted by Gasteiger charge is -2.10. The van der Waals surface area contributed by atoms with Gasteiger partial charge >= 0.3 is 0 Å². The van der Waals surface area contributed by atoms with Gasteiger partial charge in [-0.25, -0.2) is 4.98 Å². The molecule has 0 spiro atoms. The maximum absolute atomic E-state index is 12.9. The van der Waals surface area contributed by atoms with Crippen molar-refractivity contribution in [3.8, 4) is 11.3 Å². The van der Waals surface area contributed by atoms with Crippen molar-refractivity contribution in [2.75, 3.05) is 5.32 Å². The summed E-state index contributed by atoms with van der Waals surface area (Å²) in [6.07, 6.45) is 7.19.